The summed E-state index contributed by atoms with van der Waals surface area (Å²) in [6.45, 7) is 8.59. The maximum Gasteiger partial charge on any atom is 0.302 e. The fourth-order valence-corrected chi connectivity index (χ4v) is 1.69. The molecule has 0 saturated carbocycles. The first-order valence-corrected chi connectivity index (χ1v) is 6.12. The van der Waals surface area contributed by atoms with Gasteiger partial charge in [0.2, 0.25) is 0 Å². The van der Waals surface area contributed by atoms with Crippen LogP contribution in [0.3, 0.4) is 0 Å². The maximum absolute atomic E-state index is 10.6. The van der Waals surface area contributed by atoms with Gasteiger partial charge in [0.25, 0.3) is 0 Å². The molecule has 0 bridgehead atoms. The second kappa shape index (κ2) is 5.85. The molecule has 0 radical (unpaired) electrons. The Labute approximate surface area is 104 Å². The van der Waals surface area contributed by atoms with Crippen LogP contribution in [0.25, 0.3) is 0 Å². The van der Waals surface area contributed by atoms with Crippen molar-refractivity contribution in [2.75, 3.05) is 6.61 Å². The molecule has 17 heavy (non-hydrogen) atoms. The lowest BCUT2D eigenvalue weighted by Gasteiger charge is -2.19. The number of esters is 1. The molecule has 0 aliphatic carbocycles. The minimum absolute atomic E-state index is 0.186. The lowest BCUT2D eigenvalue weighted by Crippen LogP contribution is -2.11. The van der Waals surface area contributed by atoms with E-state index in [0.717, 1.165) is 12.8 Å². The lowest BCUT2D eigenvalue weighted by atomic mass is 9.86. The van der Waals surface area contributed by atoms with Gasteiger partial charge in [-0.2, -0.15) is 0 Å². The van der Waals surface area contributed by atoms with Crippen LogP contribution in [0.5, 0.6) is 0 Å². The smallest absolute Gasteiger partial charge is 0.302 e. The largest absolute Gasteiger partial charge is 0.466 e. The van der Waals surface area contributed by atoms with Crippen LogP contribution in [-0.4, -0.2) is 12.6 Å². The van der Waals surface area contributed by atoms with E-state index in [1.165, 1.54) is 18.1 Å². The van der Waals surface area contributed by atoms with Gasteiger partial charge in [0.15, 0.2) is 0 Å². The predicted octanol–water partition coefficient (Wildman–Crippen LogP) is 3.48. The third-order valence-electron chi connectivity index (χ3n) is 2.71. The second-order valence-corrected chi connectivity index (χ2v) is 5.39. The number of ether oxygens (including phenoxy) is 1. The van der Waals surface area contributed by atoms with Gasteiger partial charge >= 0.3 is 5.97 Å². The van der Waals surface area contributed by atoms with Crippen LogP contribution < -0.4 is 0 Å². The van der Waals surface area contributed by atoms with Gasteiger partial charge in [-0.05, 0) is 29.4 Å². The third kappa shape index (κ3) is 5.03. The van der Waals surface area contributed by atoms with Crippen molar-refractivity contribution in [1.29, 1.82) is 0 Å². The number of benzene rings is 1. The molecule has 0 unspecified atom stereocenters. The molecule has 0 aliphatic heterocycles. The van der Waals surface area contributed by atoms with Crippen molar-refractivity contribution >= 4 is 5.97 Å². The van der Waals surface area contributed by atoms with Crippen LogP contribution in [0.2, 0.25) is 0 Å². The molecule has 0 aliphatic rings. The quantitative estimate of drug-likeness (QED) is 0.589. The second-order valence-electron chi connectivity index (χ2n) is 5.39. The molecule has 1 rings (SSSR count). The van der Waals surface area contributed by atoms with Gasteiger partial charge < -0.3 is 4.74 Å². The topological polar surface area (TPSA) is 26.3 Å². The summed E-state index contributed by atoms with van der Waals surface area (Å²) in [6.07, 6.45) is 1.84. The van der Waals surface area contributed by atoms with Gasteiger partial charge in [-0.25, -0.2) is 0 Å². The molecule has 0 heterocycles. The van der Waals surface area contributed by atoms with E-state index in [2.05, 4.69) is 45.0 Å². The Hall–Kier alpha value is -1.31. The Bertz CT molecular complexity index is 375. The molecule has 0 amide bonds. The summed E-state index contributed by atoms with van der Waals surface area (Å²) in [7, 11) is 0. The zero-order valence-electron chi connectivity index (χ0n) is 11.2. The molecule has 94 valence electrons. The molecule has 0 N–H and O–H groups in total. The van der Waals surface area contributed by atoms with E-state index in [4.69, 9.17) is 4.74 Å². The first-order valence-electron chi connectivity index (χ1n) is 6.12. The number of carbonyl (C=O) groups is 1. The number of aryl methyl sites for hydroxylation is 1. The van der Waals surface area contributed by atoms with Crippen LogP contribution in [0.1, 0.15) is 45.2 Å². The third-order valence-corrected chi connectivity index (χ3v) is 2.71. The van der Waals surface area contributed by atoms with Crippen molar-refractivity contribution in [3.05, 3.63) is 35.4 Å². The maximum atomic E-state index is 10.6. The summed E-state index contributed by atoms with van der Waals surface area (Å²) in [5, 5.41) is 0. The Morgan fingerprint density at radius 3 is 2.59 bits per heavy atom. The van der Waals surface area contributed by atoms with Gasteiger partial charge in [-0.3, -0.25) is 4.79 Å². The lowest BCUT2D eigenvalue weighted by molar-refractivity contribution is -0.141. The molecule has 2 nitrogen and oxygen atoms in total. The summed E-state index contributed by atoms with van der Waals surface area (Å²) in [5.41, 5.74) is 2.85. The molecule has 1 aromatic rings. The molecule has 1 aromatic carbocycles. The number of hydrogen-bond acceptors (Lipinski definition) is 2. The van der Waals surface area contributed by atoms with Crippen LogP contribution in [-0.2, 0) is 21.4 Å². The summed E-state index contributed by atoms with van der Waals surface area (Å²) in [6, 6.07) is 8.63. The van der Waals surface area contributed by atoms with Crippen LogP contribution in [0.4, 0.5) is 0 Å². The zero-order valence-corrected chi connectivity index (χ0v) is 11.2. The standard InChI is InChI=1S/C15H22O2/c1-12(16)17-10-6-8-13-7-5-9-14(11-13)15(2,3)4/h5,7,9,11H,6,8,10H2,1-4H3. The van der Waals surface area contributed by atoms with Gasteiger partial charge in [0.05, 0.1) is 6.61 Å². The van der Waals surface area contributed by atoms with E-state index in [1.807, 2.05) is 0 Å². The average Bonchev–Trinajstić information content (AvgIpc) is 2.23. The molecule has 0 fully saturated rings. The summed E-state index contributed by atoms with van der Waals surface area (Å²) >= 11 is 0. The van der Waals surface area contributed by atoms with E-state index < -0.39 is 0 Å². The highest BCUT2D eigenvalue weighted by Crippen LogP contribution is 2.23. The van der Waals surface area contributed by atoms with Gasteiger partial charge in [-0.15, -0.1) is 0 Å². The van der Waals surface area contributed by atoms with Crippen molar-refractivity contribution in [1.82, 2.24) is 0 Å². The van der Waals surface area contributed by atoms with E-state index in [1.54, 1.807) is 0 Å². The van der Waals surface area contributed by atoms with Gasteiger partial charge in [0, 0.05) is 6.92 Å². The molecular formula is C15H22O2. The van der Waals surface area contributed by atoms with Crippen molar-refractivity contribution in [3.8, 4) is 0 Å². The summed E-state index contributed by atoms with van der Waals surface area (Å²) in [4.78, 5) is 10.6. The van der Waals surface area contributed by atoms with Crippen molar-refractivity contribution in [3.63, 3.8) is 0 Å². The van der Waals surface area contributed by atoms with E-state index >= 15 is 0 Å². The number of carbonyl (C=O) groups excluding carboxylic acids is 1. The van der Waals surface area contributed by atoms with Crippen molar-refractivity contribution in [2.24, 2.45) is 0 Å². The fourth-order valence-electron chi connectivity index (χ4n) is 1.69. The molecule has 0 atom stereocenters. The van der Waals surface area contributed by atoms with Crippen LogP contribution in [0, 0.1) is 0 Å². The fraction of sp³-hybridized carbons (Fsp3) is 0.533. The van der Waals surface area contributed by atoms with E-state index in [0.29, 0.717) is 6.61 Å². The highest BCUT2D eigenvalue weighted by Gasteiger charge is 2.13. The molecule has 0 spiro atoms. The molecule has 0 aromatic heterocycles. The van der Waals surface area contributed by atoms with Crippen LogP contribution in [0.15, 0.2) is 24.3 Å². The minimum Gasteiger partial charge on any atom is -0.466 e. The molecule has 2 heteroatoms. The normalized spacial score (nSPS) is 11.3. The zero-order chi connectivity index (χ0) is 12.9. The first kappa shape index (κ1) is 13.8. The number of hydrogen-bond donors (Lipinski definition) is 0. The Balaban J connectivity index is 2.52. The van der Waals surface area contributed by atoms with Crippen LogP contribution >= 0.6 is 0 Å². The highest BCUT2D eigenvalue weighted by atomic mass is 16.5. The summed E-state index contributed by atoms with van der Waals surface area (Å²) in [5.74, 6) is -0.201. The Morgan fingerprint density at radius 1 is 1.29 bits per heavy atom. The van der Waals surface area contributed by atoms with Gasteiger partial charge in [-0.1, -0.05) is 45.0 Å². The SMILES string of the molecule is CC(=O)OCCCc1cccc(C(C)(C)C)c1. The first-order chi connectivity index (χ1) is 7.89. The summed E-state index contributed by atoms with van der Waals surface area (Å²) < 4.78 is 4.92. The Kier molecular flexibility index (Phi) is 4.73. The average molecular weight is 234 g/mol. The Morgan fingerprint density at radius 2 is 2.00 bits per heavy atom. The molecular weight excluding hydrogens is 212 g/mol. The van der Waals surface area contributed by atoms with Crippen molar-refractivity contribution in [2.45, 2.75) is 46.0 Å². The van der Waals surface area contributed by atoms with E-state index in [9.17, 15) is 4.79 Å². The van der Waals surface area contributed by atoms with Crippen molar-refractivity contribution < 1.29 is 9.53 Å². The molecule has 0 saturated heterocycles. The monoisotopic (exact) mass is 234 g/mol. The highest BCUT2D eigenvalue weighted by molar-refractivity contribution is 5.65. The minimum atomic E-state index is -0.201. The number of rotatable bonds is 4. The van der Waals surface area contributed by atoms with E-state index in [-0.39, 0.29) is 11.4 Å². The van der Waals surface area contributed by atoms with Gasteiger partial charge in [0.1, 0.15) is 0 Å². The predicted molar refractivity (Wildman–Crippen MR) is 70.1 cm³/mol.